The molecule has 136 valence electrons. The zero-order chi connectivity index (χ0) is 18.4. The Kier molecular flexibility index (Phi) is 4.38. The molecule has 0 saturated carbocycles. The molecule has 0 amide bonds. The first kappa shape index (κ1) is 17.2. The van der Waals surface area contributed by atoms with E-state index >= 15 is 0 Å². The number of thioether (sulfide) groups is 1. The van der Waals surface area contributed by atoms with Crippen LogP contribution in [0.5, 0.6) is 0 Å². The molecule has 1 aliphatic rings. The maximum atomic E-state index is 12.9. The van der Waals surface area contributed by atoms with Crippen LogP contribution in [0.15, 0.2) is 45.7 Å². The summed E-state index contributed by atoms with van der Waals surface area (Å²) in [5.41, 5.74) is 3.49. The molecule has 0 aliphatic heterocycles. The Morgan fingerprint density at radius 2 is 2.04 bits per heavy atom. The highest BCUT2D eigenvalue weighted by Gasteiger charge is 2.22. The minimum absolute atomic E-state index is 0.0881. The van der Waals surface area contributed by atoms with E-state index in [-0.39, 0.29) is 5.56 Å². The van der Waals surface area contributed by atoms with Gasteiger partial charge in [0.2, 0.25) is 0 Å². The van der Waals surface area contributed by atoms with Gasteiger partial charge in [0.05, 0.1) is 11.1 Å². The van der Waals surface area contributed by atoms with Gasteiger partial charge in [-0.3, -0.25) is 9.36 Å². The fourth-order valence-electron chi connectivity index (χ4n) is 3.46. The Bertz CT molecular complexity index is 1190. The summed E-state index contributed by atoms with van der Waals surface area (Å²) in [7, 11) is 1.83. The Balaban J connectivity index is 1.42. The van der Waals surface area contributed by atoms with Crippen molar-refractivity contribution in [3.63, 3.8) is 0 Å². The van der Waals surface area contributed by atoms with Gasteiger partial charge in [-0.1, -0.05) is 42.1 Å². The van der Waals surface area contributed by atoms with Crippen molar-refractivity contribution in [2.45, 2.75) is 30.2 Å². The molecule has 3 aromatic heterocycles. The van der Waals surface area contributed by atoms with Crippen LogP contribution in [0.1, 0.15) is 22.6 Å². The molecule has 0 fully saturated rings. The van der Waals surface area contributed by atoms with Gasteiger partial charge < -0.3 is 0 Å². The highest BCUT2D eigenvalue weighted by atomic mass is 32.2. The van der Waals surface area contributed by atoms with E-state index in [0.717, 1.165) is 50.9 Å². The number of fused-ring (bicyclic) bond motifs is 3. The van der Waals surface area contributed by atoms with Crippen LogP contribution in [0.4, 0.5) is 0 Å². The standard InChI is InChI=1S/C20H17N3OS3/c1-23-19(24)16-14-8-5-9-15(14)27-18(16)22-20(23)26-11-13-10-25-17(21-13)12-6-3-2-4-7-12/h2-4,6-7,10H,5,8-9,11H2,1H3. The largest absolute Gasteiger partial charge is 0.290 e. The van der Waals surface area contributed by atoms with Crippen molar-refractivity contribution < 1.29 is 0 Å². The van der Waals surface area contributed by atoms with Gasteiger partial charge in [0.1, 0.15) is 9.84 Å². The summed E-state index contributed by atoms with van der Waals surface area (Å²) in [6.45, 7) is 0. The lowest BCUT2D eigenvalue weighted by molar-refractivity contribution is 0.726. The van der Waals surface area contributed by atoms with Crippen LogP contribution in [0.2, 0.25) is 0 Å². The molecule has 0 N–H and O–H groups in total. The monoisotopic (exact) mass is 411 g/mol. The fourth-order valence-corrected chi connectivity index (χ4v) is 6.56. The number of hydrogen-bond acceptors (Lipinski definition) is 6. The van der Waals surface area contributed by atoms with Gasteiger partial charge in [0.15, 0.2) is 5.16 Å². The van der Waals surface area contributed by atoms with Crippen LogP contribution >= 0.6 is 34.4 Å². The number of aryl methyl sites for hydroxylation is 2. The Morgan fingerprint density at radius 1 is 1.19 bits per heavy atom. The van der Waals surface area contributed by atoms with E-state index in [4.69, 9.17) is 9.97 Å². The Labute approximate surface area is 168 Å². The number of aromatic nitrogens is 3. The van der Waals surface area contributed by atoms with Crippen molar-refractivity contribution in [1.29, 1.82) is 0 Å². The molecule has 0 saturated heterocycles. The van der Waals surface area contributed by atoms with Crippen LogP contribution in [-0.2, 0) is 25.6 Å². The number of rotatable bonds is 4. The van der Waals surface area contributed by atoms with E-state index in [9.17, 15) is 4.79 Å². The normalized spacial score (nSPS) is 13.4. The molecule has 27 heavy (non-hydrogen) atoms. The van der Waals surface area contributed by atoms with Crippen molar-refractivity contribution in [2.24, 2.45) is 7.05 Å². The predicted octanol–water partition coefficient (Wildman–Crippen LogP) is 4.90. The fraction of sp³-hybridized carbons (Fsp3) is 0.250. The zero-order valence-electron chi connectivity index (χ0n) is 14.8. The minimum atomic E-state index is 0.0881. The third-order valence-corrected chi connectivity index (χ3v) is 8.02. The van der Waals surface area contributed by atoms with E-state index in [2.05, 4.69) is 17.5 Å². The molecular weight excluding hydrogens is 394 g/mol. The topological polar surface area (TPSA) is 47.8 Å². The number of thiazole rings is 1. The summed E-state index contributed by atoms with van der Waals surface area (Å²) in [5.74, 6) is 0.709. The van der Waals surface area contributed by atoms with Crippen molar-refractivity contribution in [3.8, 4) is 10.6 Å². The van der Waals surface area contributed by atoms with E-state index < -0.39 is 0 Å². The summed E-state index contributed by atoms with van der Waals surface area (Å²) in [6.07, 6.45) is 3.26. The SMILES string of the molecule is Cn1c(SCc2csc(-c3ccccc3)n2)nc2sc3c(c2c1=O)CCC3. The molecule has 0 spiro atoms. The maximum absolute atomic E-state index is 12.9. The predicted molar refractivity (Wildman–Crippen MR) is 114 cm³/mol. The molecule has 7 heteroatoms. The third kappa shape index (κ3) is 3.03. The van der Waals surface area contributed by atoms with Crippen molar-refractivity contribution in [1.82, 2.24) is 14.5 Å². The van der Waals surface area contributed by atoms with Gasteiger partial charge in [-0.05, 0) is 24.8 Å². The smallest absolute Gasteiger partial charge is 0.262 e. The number of benzene rings is 1. The first-order valence-electron chi connectivity index (χ1n) is 8.84. The Hall–Kier alpha value is -1.96. The third-order valence-electron chi connectivity index (χ3n) is 4.83. The summed E-state index contributed by atoms with van der Waals surface area (Å²) in [4.78, 5) is 24.7. The second kappa shape index (κ2) is 6.89. The lowest BCUT2D eigenvalue weighted by atomic mass is 10.2. The molecular formula is C20H17N3OS3. The molecule has 1 aromatic carbocycles. The zero-order valence-corrected chi connectivity index (χ0v) is 17.2. The van der Waals surface area contributed by atoms with Gasteiger partial charge in [0.25, 0.3) is 5.56 Å². The second-order valence-corrected chi connectivity index (χ2v) is 9.48. The number of nitrogens with zero attached hydrogens (tertiary/aromatic N) is 3. The first-order valence-corrected chi connectivity index (χ1v) is 11.5. The van der Waals surface area contributed by atoms with E-state index in [1.807, 2.05) is 25.2 Å². The maximum Gasteiger partial charge on any atom is 0.262 e. The van der Waals surface area contributed by atoms with E-state index in [1.54, 1.807) is 39.0 Å². The second-order valence-electron chi connectivity index (χ2n) is 6.59. The summed E-state index contributed by atoms with van der Waals surface area (Å²) in [6, 6.07) is 10.2. The summed E-state index contributed by atoms with van der Waals surface area (Å²) < 4.78 is 1.70. The molecule has 1 aliphatic carbocycles. The minimum Gasteiger partial charge on any atom is -0.290 e. The average molecular weight is 412 g/mol. The molecule has 5 rings (SSSR count). The molecule has 0 atom stereocenters. The summed E-state index contributed by atoms with van der Waals surface area (Å²) in [5, 5.41) is 4.73. The lowest BCUT2D eigenvalue weighted by Crippen LogP contribution is -2.20. The molecule has 0 unspecified atom stereocenters. The quantitative estimate of drug-likeness (QED) is 0.354. The molecule has 4 nitrogen and oxygen atoms in total. The van der Waals surface area contributed by atoms with E-state index in [1.165, 1.54) is 10.4 Å². The van der Waals surface area contributed by atoms with Crippen LogP contribution in [-0.4, -0.2) is 14.5 Å². The molecule has 0 bridgehead atoms. The van der Waals surface area contributed by atoms with Crippen molar-refractivity contribution in [3.05, 3.63) is 62.2 Å². The Morgan fingerprint density at radius 3 is 2.89 bits per heavy atom. The van der Waals surface area contributed by atoms with Crippen LogP contribution in [0.3, 0.4) is 0 Å². The van der Waals surface area contributed by atoms with Crippen LogP contribution in [0, 0.1) is 0 Å². The van der Waals surface area contributed by atoms with Crippen molar-refractivity contribution >= 4 is 44.7 Å². The van der Waals surface area contributed by atoms with Crippen LogP contribution in [0.25, 0.3) is 20.8 Å². The number of hydrogen-bond donors (Lipinski definition) is 0. The lowest BCUT2D eigenvalue weighted by Gasteiger charge is -2.06. The molecule has 3 heterocycles. The van der Waals surface area contributed by atoms with E-state index in [0.29, 0.717) is 5.75 Å². The summed E-state index contributed by atoms with van der Waals surface area (Å²) >= 11 is 4.93. The van der Waals surface area contributed by atoms with Gasteiger partial charge >= 0.3 is 0 Å². The van der Waals surface area contributed by atoms with Gasteiger partial charge in [0, 0.05) is 28.6 Å². The first-order chi connectivity index (χ1) is 13.2. The van der Waals surface area contributed by atoms with Gasteiger partial charge in [-0.2, -0.15) is 0 Å². The highest BCUT2D eigenvalue weighted by Crippen LogP contribution is 2.36. The highest BCUT2D eigenvalue weighted by molar-refractivity contribution is 7.98. The molecule has 0 radical (unpaired) electrons. The molecule has 4 aromatic rings. The van der Waals surface area contributed by atoms with Crippen LogP contribution < -0.4 is 5.56 Å². The van der Waals surface area contributed by atoms with Gasteiger partial charge in [-0.15, -0.1) is 22.7 Å². The number of thiophene rings is 1. The average Bonchev–Trinajstić information content (AvgIpc) is 3.40. The van der Waals surface area contributed by atoms with Crippen molar-refractivity contribution in [2.75, 3.05) is 0 Å². The van der Waals surface area contributed by atoms with Gasteiger partial charge in [-0.25, -0.2) is 9.97 Å².